The van der Waals surface area contributed by atoms with Gasteiger partial charge in [-0.3, -0.25) is 0 Å². The molecule has 2 nitrogen and oxygen atoms in total. The van der Waals surface area contributed by atoms with Gasteiger partial charge in [-0.05, 0) is 31.5 Å². The van der Waals surface area contributed by atoms with Crippen LogP contribution in [0.4, 0.5) is 10.1 Å². The number of anilines is 1. The van der Waals surface area contributed by atoms with Crippen LogP contribution < -0.4 is 5.32 Å². The molecule has 0 aliphatic heterocycles. The standard InChI is InChI=1S/C14H14ClFN2/c1-9-3-4-12(16)11(5-9)7-17-13-8-18-14(15)6-10(13)2/h3-6,8,17H,7H2,1-2H3. The number of halogens is 2. The summed E-state index contributed by atoms with van der Waals surface area (Å²) in [6.07, 6.45) is 1.66. The molecule has 0 aliphatic rings. The van der Waals surface area contributed by atoms with Crippen LogP contribution in [0, 0.1) is 19.7 Å². The van der Waals surface area contributed by atoms with Gasteiger partial charge >= 0.3 is 0 Å². The van der Waals surface area contributed by atoms with E-state index in [4.69, 9.17) is 11.6 Å². The van der Waals surface area contributed by atoms with Gasteiger partial charge in [0.05, 0.1) is 11.9 Å². The van der Waals surface area contributed by atoms with Crippen molar-refractivity contribution in [2.24, 2.45) is 0 Å². The summed E-state index contributed by atoms with van der Waals surface area (Å²) in [7, 11) is 0. The molecule has 0 bridgehead atoms. The average Bonchev–Trinajstić information content (AvgIpc) is 2.32. The number of aryl methyl sites for hydroxylation is 2. The van der Waals surface area contributed by atoms with Gasteiger partial charge in [0.2, 0.25) is 0 Å². The maximum Gasteiger partial charge on any atom is 0.129 e. The molecular weight excluding hydrogens is 251 g/mol. The van der Waals surface area contributed by atoms with Gasteiger partial charge in [0.1, 0.15) is 11.0 Å². The van der Waals surface area contributed by atoms with E-state index in [0.29, 0.717) is 17.3 Å². The molecule has 0 amide bonds. The molecule has 94 valence electrons. The van der Waals surface area contributed by atoms with Crippen molar-refractivity contribution in [2.45, 2.75) is 20.4 Å². The summed E-state index contributed by atoms with van der Waals surface area (Å²) in [6, 6.07) is 6.85. The van der Waals surface area contributed by atoms with Gasteiger partial charge in [-0.15, -0.1) is 0 Å². The molecule has 0 spiro atoms. The van der Waals surface area contributed by atoms with Gasteiger partial charge in [0.25, 0.3) is 0 Å². The second-order valence-electron chi connectivity index (χ2n) is 4.27. The molecule has 2 rings (SSSR count). The predicted molar refractivity (Wildman–Crippen MR) is 72.4 cm³/mol. The summed E-state index contributed by atoms with van der Waals surface area (Å²) in [5, 5.41) is 3.62. The molecule has 1 aromatic heterocycles. The topological polar surface area (TPSA) is 24.9 Å². The Balaban J connectivity index is 2.13. The van der Waals surface area contributed by atoms with Crippen molar-refractivity contribution < 1.29 is 4.39 Å². The fraction of sp³-hybridized carbons (Fsp3) is 0.214. The molecule has 0 atom stereocenters. The molecular formula is C14H14ClFN2. The summed E-state index contributed by atoms with van der Waals surface area (Å²) in [5.74, 6) is -0.201. The molecule has 1 aromatic carbocycles. The van der Waals surface area contributed by atoms with E-state index in [9.17, 15) is 4.39 Å². The Morgan fingerprint density at radius 1 is 1.28 bits per heavy atom. The Bertz CT molecular complexity index is 570. The molecule has 2 aromatic rings. The molecule has 1 heterocycles. The highest BCUT2D eigenvalue weighted by Gasteiger charge is 2.04. The van der Waals surface area contributed by atoms with Crippen LogP contribution in [0.5, 0.6) is 0 Å². The minimum Gasteiger partial charge on any atom is -0.379 e. The van der Waals surface area contributed by atoms with Crippen molar-refractivity contribution in [2.75, 3.05) is 5.32 Å². The van der Waals surface area contributed by atoms with Crippen LogP contribution in [-0.4, -0.2) is 4.98 Å². The number of pyridine rings is 1. The molecule has 0 saturated heterocycles. The zero-order chi connectivity index (χ0) is 13.1. The van der Waals surface area contributed by atoms with Gasteiger partial charge in [-0.1, -0.05) is 29.3 Å². The maximum absolute atomic E-state index is 13.6. The number of hydrogen-bond acceptors (Lipinski definition) is 2. The lowest BCUT2D eigenvalue weighted by atomic mass is 10.1. The predicted octanol–water partition coefficient (Wildman–Crippen LogP) is 4.10. The van der Waals surface area contributed by atoms with E-state index >= 15 is 0 Å². The lowest BCUT2D eigenvalue weighted by Gasteiger charge is -2.10. The molecule has 0 fully saturated rings. The van der Waals surface area contributed by atoms with E-state index in [1.54, 1.807) is 18.3 Å². The van der Waals surface area contributed by atoms with Crippen LogP contribution in [0.25, 0.3) is 0 Å². The molecule has 1 N–H and O–H groups in total. The highest BCUT2D eigenvalue weighted by Crippen LogP contribution is 2.18. The second-order valence-corrected chi connectivity index (χ2v) is 4.66. The molecule has 0 unspecified atom stereocenters. The monoisotopic (exact) mass is 264 g/mol. The van der Waals surface area contributed by atoms with Crippen molar-refractivity contribution in [3.8, 4) is 0 Å². The zero-order valence-electron chi connectivity index (χ0n) is 10.3. The first-order chi connectivity index (χ1) is 8.56. The Hall–Kier alpha value is -1.61. The van der Waals surface area contributed by atoms with Crippen LogP contribution in [0.2, 0.25) is 5.15 Å². The first-order valence-electron chi connectivity index (χ1n) is 5.67. The molecule has 4 heteroatoms. The third-order valence-electron chi connectivity index (χ3n) is 2.75. The van der Waals surface area contributed by atoms with Crippen LogP contribution in [-0.2, 0) is 6.54 Å². The van der Waals surface area contributed by atoms with Crippen LogP contribution in [0.3, 0.4) is 0 Å². The van der Waals surface area contributed by atoms with Crippen molar-refractivity contribution >= 4 is 17.3 Å². The Morgan fingerprint density at radius 2 is 2.06 bits per heavy atom. The third kappa shape index (κ3) is 2.99. The molecule has 0 radical (unpaired) electrons. The fourth-order valence-electron chi connectivity index (χ4n) is 1.74. The van der Waals surface area contributed by atoms with E-state index in [0.717, 1.165) is 16.8 Å². The molecule has 0 saturated carbocycles. The summed E-state index contributed by atoms with van der Waals surface area (Å²) in [4.78, 5) is 4.00. The van der Waals surface area contributed by atoms with E-state index in [1.807, 2.05) is 19.9 Å². The summed E-state index contributed by atoms with van der Waals surface area (Å²) < 4.78 is 13.6. The van der Waals surface area contributed by atoms with Crippen LogP contribution >= 0.6 is 11.6 Å². The summed E-state index contributed by atoms with van der Waals surface area (Å²) >= 11 is 5.78. The smallest absolute Gasteiger partial charge is 0.129 e. The minimum absolute atomic E-state index is 0.201. The van der Waals surface area contributed by atoms with Gasteiger partial charge in [0.15, 0.2) is 0 Å². The van der Waals surface area contributed by atoms with Gasteiger partial charge in [-0.2, -0.15) is 0 Å². The Labute approximate surface area is 111 Å². The summed E-state index contributed by atoms with van der Waals surface area (Å²) in [6.45, 7) is 4.30. The molecule has 0 aliphatic carbocycles. The first kappa shape index (κ1) is 12.8. The van der Waals surface area contributed by atoms with Crippen molar-refractivity contribution in [1.82, 2.24) is 4.98 Å². The third-order valence-corrected chi connectivity index (χ3v) is 2.95. The molecule has 18 heavy (non-hydrogen) atoms. The van der Waals surface area contributed by atoms with Gasteiger partial charge in [-0.25, -0.2) is 9.37 Å². The number of nitrogens with zero attached hydrogens (tertiary/aromatic N) is 1. The lowest BCUT2D eigenvalue weighted by Crippen LogP contribution is -2.04. The van der Waals surface area contributed by atoms with E-state index in [2.05, 4.69) is 10.3 Å². The number of aromatic nitrogens is 1. The average molecular weight is 265 g/mol. The summed E-state index contributed by atoms with van der Waals surface area (Å²) in [5.41, 5.74) is 3.53. The zero-order valence-corrected chi connectivity index (χ0v) is 11.1. The van der Waals surface area contributed by atoms with E-state index in [-0.39, 0.29) is 5.82 Å². The van der Waals surface area contributed by atoms with E-state index < -0.39 is 0 Å². The Kier molecular flexibility index (Phi) is 3.82. The SMILES string of the molecule is Cc1ccc(F)c(CNc2cnc(Cl)cc2C)c1. The van der Waals surface area contributed by atoms with E-state index in [1.165, 1.54) is 6.07 Å². The fourth-order valence-corrected chi connectivity index (χ4v) is 1.95. The largest absolute Gasteiger partial charge is 0.379 e. The maximum atomic E-state index is 13.6. The highest BCUT2D eigenvalue weighted by molar-refractivity contribution is 6.29. The normalized spacial score (nSPS) is 10.4. The number of benzene rings is 1. The number of hydrogen-bond donors (Lipinski definition) is 1. The van der Waals surface area contributed by atoms with Crippen molar-refractivity contribution in [1.29, 1.82) is 0 Å². The lowest BCUT2D eigenvalue weighted by molar-refractivity contribution is 0.612. The van der Waals surface area contributed by atoms with Crippen molar-refractivity contribution in [3.63, 3.8) is 0 Å². The minimum atomic E-state index is -0.201. The van der Waals surface area contributed by atoms with Gasteiger partial charge in [0, 0.05) is 12.1 Å². The second kappa shape index (κ2) is 5.36. The quantitative estimate of drug-likeness (QED) is 0.844. The van der Waals surface area contributed by atoms with Crippen LogP contribution in [0.1, 0.15) is 16.7 Å². The van der Waals surface area contributed by atoms with Crippen LogP contribution in [0.15, 0.2) is 30.5 Å². The first-order valence-corrected chi connectivity index (χ1v) is 6.05. The highest BCUT2D eigenvalue weighted by atomic mass is 35.5. The van der Waals surface area contributed by atoms with Crippen molar-refractivity contribution in [3.05, 3.63) is 58.1 Å². The van der Waals surface area contributed by atoms with Gasteiger partial charge < -0.3 is 5.32 Å². The number of rotatable bonds is 3. The number of nitrogens with one attached hydrogen (secondary N) is 1. The Morgan fingerprint density at radius 3 is 2.78 bits per heavy atom.